The fourth-order valence-electron chi connectivity index (χ4n) is 2.31. The van der Waals surface area contributed by atoms with Gasteiger partial charge in [0.15, 0.2) is 5.76 Å². The highest BCUT2D eigenvalue weighted by Crippen LogP contribution is 2.33. The van der Waals surface area contributed by atoms with E-state index in [1.807, 2.05) is 18.2 Å². The van der Waals surface area contributed by atoms with Crippen molar-refractivity contribution in [1.82, 2.24) is 5.16 Å². The molecule has 0 aliphatic rings. The summed E-state index contributed by atoms with van der Waals surface area (Å²) < 4.78 is 24.5. The molecule has 0 N–H and O–H groups in total. The van der Waals surface area contributed by atoms with E-state index in [9.17, 15) is 9.18 Å². The number of hydrogen-bond acceptors (Lipinski definition) is 4. The smallest absolute Gasteiger partial charge is 0.344 e. The van der Waals surface area contributed by atoms with Crippen LogP contribution in [0.15, 0.2) is 59.1 Å². The fraction of sp³-hybridized carbons (Fsp3) is 0.111. The molecule has 0 amide bonds. The van der Waals surface area contributed by atoms with Gasteiger partial charge < -0.3 is 9.26 Å². The zero-order chi connectivity index (χ0) is 16.2. The molecule has 0 saturated heterocycles. The number of carbonyl (C=O) groups excluding carboxylic acids is 1. The summed E-state index contributed by atoms with van der Waals surface area (Å²) in [4.78, 5) is 12.4. The van der Waals surface area contributed by atoms with E-state index < -0.39 is 11.8 Å². The number of benzene rings is 2. The average molecular weight is 311 g/mol. The van der Waals surface area contributed by atoms with Crippen LogP contribution in [-0.4, -0.2) is 17.7 Å². The van der Waals surface area contributed by atoms with Crippen LogP contribution in [0, 0.1) is 5.82 Å². The molecule has 5 heteroatoms. The number of esters is 1. The topological polar surface area (TPSA) is 52.3 Å². The molecule has 0 aliphatic carbocycles. The first-order valence-corrected chi connectivity index (χ1v) is 7.19. The normalized spacial score (nSPS) is 10.5. The summed E-state index contributed by atoms with van der Waals surface area (Å²) >= 11 is 0. The second-order valence-corrected chi connectivity index (χ2v) is 4.80. The van der Waals surface area contributed by atoms with E-state index in [0.29, 0.717) is 5.56 Å². The van der Waals surface area contributed by atoms with Crippen molar-refractivity contribution in [2.24, 2.45) is 0 Å². The molecule has 0 aliphatic heterocycles. The van der Waals surface area contributed by atoms with E-state index in [4.69, 9.17) is 9.26 Å². The summed E-state index contributed by atoms with van der Waals surface area (Å²) in [5, 5.41) is 3.91. The van der Waals surface area contributed by atoms with Crippen LogP contribution in [0.2, 0.25) is 0 Å². The minimum Gasteiger partial charge on any atom is -0.462 e. The van der Waals surface area contributed by atoms with Gasteiger partial charge in [-0.2, -0.15) is 0 Å². The van der Waals surface area contributed by atoms with Gasteiger partial charge in [-0.1, -0.05) is 47.6 Å². The van der Waals surface area contributed by atoms with Crippen LogP contribution in [-0.2, 0) is 4.74 Å². The van der Waals surface area contributed by atoms with Crippen molar-refractivity contribution < 1.29 is 18.4 Å². The third-order valence-corrected chi connectivity index (χ3v) is 3.34. The third-order valence-electron chi connectivity index (χ3n) is 3.34. The van der Waals surface area contributed by atoms with Crippen LogP contribution in [0.25, 0.3) is 22.6 Å². The Bertz CT molecular complexity index is 827. The molecule has 23 heavy (non-hydrogen) atoms. The first kappa shape index (κ1) is 15.0. The summed E-state index contributed by atoms with van der Waals surface area (Å²) in [7, 11) is 0. The molecule has 1 heterocycles. The van der Waals surface area contributed by atoms with Crippen LogP contribution in [0.1, 0.15) is 17.3 Å². The Balaban J connectivity index is 2.20. The van der Waals surface area contributed by atoms with Crippen molar-refractivity contribution >= 4 is 5.97 Å². The second-order valence-electron chi connectivity index (χ2n) is 4.80. The zero-order valence-electron chi connectivity index (χ0n) is 12.5. The summed E-state index contributed by atoms with van der Waals surface area (Å²) in [5.41, 5.74) is 1.13. The molecular weight excluding hydrogens is 297 g/mol. The Morgan fingerprint density at radius 2 is 1.83 bits per heavy atom. The van der Waals surface area contributed by atoms with Gasteiger partial charge in [-0.15, -0.1) is 0 Å². The number of rotatable bonds is 4. The van der Waals surface area contributed by atoms with Gasteiger partial charge in [0.05, 0.1) is 6.61 Å². The lowest BCUT2D eigenvalue weighted by molar-refractivity contribution is 0.0527. The van der Waals surface area contributed by atoms with Crippen molar-refractivity contribution in [2.75, 3.05) is 6.61 Å². The molecule has 1 aromatic heterocycles. The Labute approximate surface area is 132 Å². The van der Waals surface area contributed by atoms with Crippen LogP contribution in [0.3, 0.4) is 0 Å². The van der Waals surface area contributed by atoms with Gasteiger partial charge in [0.25, 0.3) is 0 Å². The minimum atomic E-state index is -0.592. The number of ether oxygens (including phenoxy) is 1. The van der Waals surface area contributed by atoms with Crippen LogP contribution in [0.5, 0.6) is 0 Å². The van der Waals surface area contributed by atoms with Gasteiger partial charge in [0.1, 0.15) is 17.1 Å². The fourth-order valence-corrected chi connectivity index (χ4v) is 2.31. The number of halogens is 1. The second kappa shape index (κ2) is 6.44. The van der Waals surface area contributed by atoms with Crippen LogP contribution < -0.4 is 0 Å². The predicted molar refractivity (Wildman–Crippen MR) is 83.3 cm³/mol. The maximum absolute atomic E-state index is 14.1. The van der Waals surface area contributed by atoms with Crippen LogP contribution in [0.4, 0.5) is 4.39 Å². The molecule has 4 nitrogen and oxygen atoms in total. The van der Waals surface area contributed by atoms with Gasteiger partial charge >= 0.3 is 5.97 Å². The first-order chi connectivity index (χ1) is 11.2. The number of carbonyl (C=O) groups is 1. The lowest BCUT2D eigenvalue weighted by atomic mass is 10.0. The van der Waals surface area contributed by atoms with Gasteiger partial charge in [0.2, 0.25) is 0 Å². The molecule has 116 valence electrons. The van der Waals surface area contributed by atoms with Crippen molar-refractivity contribution in [3.8, 4) is 22.6 Å². The van der Waals surface area contributed by atoms with E-state index in [2.05, 4.69) is 5.16 Å². The maximum atomic E-state index is 14.1. The minimum absolute atomic E-state index is 0.128. The number of hydrogen-bond donors (Lipinski definition) is 0. The predicted octanol–water partition coefficient (Wildman–Crippen LogP) is 4.32. The molecule has 0 radical (unpaired) electrons. The number of aromatic nitrogens is 1. The van der Waals surface area contributed by atoms with E-state index in [1.54, 1.807) is 37.3 Å². The molecule has 0 unspecified atom stereocenters. The zero-order valence-corrected chi connectivity index (χ0v) is 12.5. The third kappa shape index (κ3) is 2.85. The van der Waals surface area contributed by atoms with Crippen LogP contribution >= 0.6 is 0 Å². The molecule has 0 fully saturated rings. The Kier molecular flexibility index (Phi) is 4.19. The van der Waals surface area contributed by atoms with E-state index in [1.165, 1.54) is 6.07 Å². The summed E-state index contributed by atoms with van der Waals surface area (Å²) in [6, 6.07) is 15.1. The molecule has 0 atom stereocenters. The standard InChI is InChI=1S/C18H14FNO3/c1-2-22-18(21)15-16(13-10-6-7-11-14(13)19)20-23-17(15)12-8-4-3-5-9-12/h3-11H,2H2,1H3. The average Bonchev–Trinajstić information content (AvgIpc) is 3.01. The molecule has 0 saturated carbocycles. The molecule has 0 spiro atoms. The van der Waals surface area contributed by atoms with Crippen molar-refractivity contribution in [1.29, 1.82) is 0 Å². The summed E-state index contributed by atoms with van der Waals surface area (Å²) in [5.74, 6) is -0.806. The largest absolute Gasteiger partial charge is 0.462 e. The van der Waals surface area contributed by atoms with Crippen molar-refractivity contribution in [2.45, 2.75) is 6.92 Å². The highest BCUT2D eigenvalue weighted by Gasteiger charge is 2.27. The highest BCUT2D eigenvalue weighted by molar-refractivity contribution is 6.01. The lowest BCUT2D eigenvalue weighted by Crippen LogP contribution is -2.07. The van der Waals surface area contributed by atoms with Gasteiger partial charge in [-0.3, -0.25) is 0 Å². The summed E-state index contributed by atoms with van der Waals surface area (Å²) in [6.07, 6.45) is 0. The molecule has 3 rings (SSSR count). The van der Waals surface area contributed by atoms with Gasteiger partial charge in [-0.05, 0) is 19.1 Å². The monoisotopic (exact) mass is 311 g/mol. The maximum Gasteiger partial charge on any atom is 0.344 e. The van der Waals surface area contributed by atoms with E-state index in [-0.39, 0.29) is 29.2 Å². The van der Waals surface area contributed by atoms with E-state index in [0.717, 1.165) is 0 Å². The van der Waals surface area contributed by atoms with Crippen molar-refractivity contribution in [3.05, 3.63) is 66.0 Å². The molecular formula is C18H14FNO3. The first-order valence-electron chi connectivity index (χ1n) is 7.19. The van der Waals surface area contributed by atoms with Gasteiger partial charge in [-0.25, -0.2) is 9.18 Å². The Hall–Kier alpha value is -2.95. The quantitative estimate of drug-likeness (QED) is 0.673. The van der Waals surface area contributed by atoms with Crippen molar-refractivity contribution in [3.63, 3.8) is 0 Å². The molecule has 0 bridgehead atoms. The lowest BCUT2D eigenvalue weighted by Gasteiger charge is -2.05. The Morgan fingerprint density at radius 3 is 2.52 bits per heavy atom. The SMILES string of the molecule is CCOC(=O)c1c(-c2ccccc2F)noc1-c1ccccc1. The Morgan fingerprint density at radius 1 is 1.13 bits per heavy atom. The van der Waals surface area contributed by atoms with Gasteiger partial charge in [0, 0.05) is 11.1 Å². The molecule has 2 aromatic carbocycles. The summed E-state index contributed by atoms with van der Waals surface area (Å²) in [6.45, 7) is 1.91. The molecule has 3 aromatic rings. The number of nitrogens with zero attached hydrogens (tertiary/aromatic N) is 1. The highest BCUT2D eigenvalue weighted by atomic mass is 19.1. The van der Waals surface area contributed by atoms with E-state index >= 15 is 0 Å².